The Kier molecular flexibility index (Phi) is 4.48. The molecule has 0 fully saturated rings. The average Bonchev–Trinajstić information content (AvgIpc) is 2.38. The highest BCUT2D eigenvalue weighted by atomic mass is 79.9. The van der Waals surface area contributed by atoms with Crippen LogP contribution < -0.4 is 4.74 Å². The second-order valence-electron chi connectivity index (χ2n) is 4.26. The van der Waals surface area contributed by atoms with Crippen LogP contribution in [0.1, 0.15) is 21.5 Å². The predicted molar refractivity (Wildman–Crippen MR) is 79.9 cm³/mol. The molecule has 0 amide bonds. The maximum Gasteiger partial charge on any atom is 0.137 e. The molecule has 0 radical (unpaired) electrons. The van der Waals surface area contributed by atoms with Crippen molar-refractivity contribution in [3.8, 4) is 5.75 Å². The van der Waals surface area contributed by atoms with E-state index in [0.29, 0.717) is 10.8 Å². The Bertz CT molecular complexity index is 601. The zero-order valence-electron chi connectivity index (χ0n) is 10.6. The minimum atomic E-state index is -0.228. The summed E-state index contributed by atoms with van der Waals surface area (Å²) >= 11 is 9.75. The van der Waals surface area contributed by atoms with Crippen LogP contribution >= 0.6 is 27.5 Å². The molecule has 0 spiro atoms. The first-order valence-corrected chi connectivity index (χ1v) is 7.06. The number of aryl methyl sites for hydroxylation is 1. The number of hydrogen-bond acceptors (Lipinski definition) is 1. The molecule has 0 aromatic heterocycles. The Morgan fingerprint density at radius 3 is 2.53 bits per heavy atom. The number of benzene rings is 2. The molecular weight excluding hydrogens is 331 g/mol. The fourth-order valence-electron chi connectivity index (χ4n) is 1.94. The zero-order valence-corrected chi connectivity index (χ0v) is 12.9. The van der Waals surface area contributed by atoms with Gasteiger partial charge in [-0.1, -0.05) is 39.7 Å². The number of rotatable bonds is 3. The van der Waals surface area contributed by atoms with E-state index in [1.165, 1.54) is 12.1 Å². The first-order valence-electron chi connectivity index (χ1n) is 5.76. The van der Waals surface area contributed by atoms with Crippen molar-refractivity contribution >= 4 is 27.5 Å². The molecule has 0 bridgehead atoms. The summed E-state index contributed by atoms with van der Waals surface area (Å²) < 4.78 is 18.3. The van der Waals surface area contributed by atoms with Gasteiger partial charge in [0.15, 0.2) is 0 Å². The largest absolute Gasteiger partial charge is 0.495 e. The van der Waals surface area contributed by atoms with E-state index < -0.39 is 0 Å². The highest BCUT2D eigenvalue weighted by Crippen LogP contribution is 2.36. The van der Waals surface area contributed by atoms with Crippen LogP contribution in [0.3, 0.4) is 0 Å². The third-order valence-electron chi connectivity index (χ3n) is 2.97. The van der Waals surface area contributed by atoms with Crippen LogP contribution in [0.15, 0.2) is 36.4 Å². The molecular formula is C15H13BrClFO. The smallest absolute Gasteiger partial charge is 0.137 e. The van der Waals surface area contributed by atoms with Crippen LogP contribution in [0.2, 0.25) is 5.02 Å². The summed E-state index contributed by atoms with van der Waals surface area (Å²) in [5.74, 6) is 0.412. The maximum atomic E-state index is 13.1. The summed E-state index contributed by atoms with van der Waals surface area (Å²) in [5.41, 5.74) is 2.91. The second-order valence-corrected chi connectivity index (χ2v) is 5.58. The Morgan fingerprint density at radius 2 is 1.95 bits per heavy atom. The lowest BCUT2D eigenvalue weighted by molar-refractivity contribution is 0.415. The summed E-state index contributed by atoms with van der Waals surface area (Å²) in [5, 5.41) is 0.559. The molecule has 0 heterocycles. The van der Waals surface area contributed by atoms with E-state index in [2.05, 4.69) is 15.9 Å². The van der Waals surface area contributed by atoms with Gasteiger partial charge in [0.1, 0.15) is 11.6 Å². The lowest BCUT2D eigenvalue weighted by atomic mass is 10.0. The van der Waals surface area contributed by atoms with Crippen molar-refractivity contribution in [2.75, 3.05) is 7.11 Å². The lowest BCUT2D eigenvalue weighted by Crippen LogP contribution is -1.97. The quantitative estimate of drug-likeness (QED) is 0.689. The standard InChI is InChI=1S/C15H13BrClFO/c1-9-7-11(18)4-5-12(9)15(16)10-3-6-14(19-2)13(17)8-10/h3-8,15H,1-2H3. The van der Waals surface area contributed by atoms with E-state index in [4.69, 9.17) is 16.3 Å². The highest BCUT2D eigenvalue weighted by molar-refractivity contribution is 9.09. The molecule has 0 aliphatic heterocycles. The van der Waals surface area contributed by atoms with E-state index >= 15 is 0 Å². The Labute approximate surface area is 125 Å². The van der Waals surface area contributed by atoms with Crippen molar-refractivity contribution in [2.45, 2.75) is 11.8 Å². The number of halogens is 3. The van der Waals surface area contributed by atoms with Gasteiger partial charge in [0.25, 0.3) is 0 Å². The molecule has 1 atom stereocenters. The monoisotopic (exact) mass is 342 g/mol. The van der Waals surface area contributed by atoms with E-state index in [1.807, 2.05) is 25.1 Å². The molecule has 1 nitrogen and oxygen atoms in total. The second kappa shape index (κ2) is 5.93. The first kappa shape index (κ1) is 14.4. The summed E-state index contributed by atoms with van der Waals surface area (Å²) in [7, 11) is 1.58. The summed E-state index contributed by atoms with van der Waals surface area (Å²) in [6.07, 6.45) is 0. The molecule has 2 aromatic rings. The number of ether oxygens (including phenoxy) is 1. The molecule has 0 saturated carbocycles. The van der Waals surface area contributed by atoms with Gasteiger partial charge in [-0.25, -0.2) is 4.39 Å². The molecule has 4 heteroatoms. The molecule has 2 aromatic carbocycles. The van der Waals surface area contributed by atoms with Gasteiger partial charge >= 0.3 is 0 Å². The van der Waals surface area contributed by atoms with Crippen LogP contribution in [0, 0.1) is 12.7 Å². The molecule has 100 valence electrons. The number of methoxy groups -OCH3 is 1. The van der Waals surface area contributed by atoms with Gasteiger partial charge in [-0.05, 0) is 47.9 Å². The molecule has 19 heavy (non-hydrogen) atoms. The van der Waals surface area contributed by atoms with Crippen molar-refractivity contribution in [3.05, 3.63) is 63.9 Å². The molecule has 0 saturated heterocycles. The topological polar surface area (TPSA) is 9.23 Å². The average molecular weight is 344 g/mol. The van der Waals surface area contributed by atoms with Crippen molar-refractivity contribution in [3.63, 3.8) is 0 Å². The zero-order chi connectivity index (χ0) is 14.0. The Morgan fingerprint density at radius 1 is 1.21 bits per heavy atom. The van der Waals surface area contributed by atoms with Gasteiger partial charge < -0.3 is 4.74 Å². The van der Waals surface area contributed by atoms with E-state index in [0.717, 1.165) is 16.7 Å². The Balaban J connectivity index is 2.38. The van der Waals surface area contributed by atoms with Gasteiger partial charge in [0.05, 0.1) is 17.0 Å². The van der Waals surface area contributed by atoms with Gasteiger partial charge in [-0.15, -0.1) is 0 Å². The van der Waals surface area contributed by atoms with Crippen molar-refractivity contribution in [2.24, 2.45) is 0 Å². The van der Waals surface area contributed by atoms with E-state index in [1.54, 1.807) is 13.2 Å². The molecule has 0 aliphatic carbocycles. The van der Waals surface area contributed by atoms with Crippen molar-refractivity contribution < 1.29 is 9.13 Å². The minimum Gasteiger partial charge on any atom is -0.495 e. The number of alkyl halides is 1. The van der Waals surface area contributed by atoms with Crippen LogP contribution in [0.5, 0.6) is 5.75 Å². The van der Waals surface area contributed by atoms with Gasteiger partial charge in [-0.3, -0.25) is 0 Å². The van der Waals surface area contributed by atoms with Crippen LogP contribution in [0.4, 0.5) is 4.39 Å². The minimum absolute atomic E-state index is 0.0310. The van der Waals surface area contributed by atoms with Gasteiger partial charge in [0.2, 0.25) is 0 Å². The van der Waals surface area contributed by atoms with E-state index in [9.17, 15) is 4.39 Å². The third-order valence-corrected chi connectivity index (χ3v) is 4.29. The van der Waals surface area contributed by atoms with Crippen LogP contribution in [-0.4, -0.2) is 7.11 Å². The van der Waals surface area contributed by atoms with Gasteiger partial charge in [0, 0.05) is 0 Å². The molecule has 0 N–H and O–H groups in total. The summed E-state index contributed by atoms with van der Waals surface area (Å²) in [4.78, 5) is -0.0310. The summed E-state index contributed by atoms with van der Waals surface area (Å²) in [6.45, 7) is 1.89. The van der Waals surface area contributed by atoms with Gasteiger partial charge in [-0.2, -0.15) is 0 Å². The fraction of sp³-hybridized carbons (Fsp3) is 0.200. The van der Waals surface area contributed by atoms with Crippen LogP contribution in [-0.2, 0) is 0 Å². The van der Waals surface area contributed by atoms with Crippen molar-refractivity contribution in [1.29, 1.82) is 0 Å². The fourth-order valence-corrected chi connectivity index (χ4v) is 3.01. The molecule has 2 rings (SSSR count). The highest BCUT2D eigenvalue weighted by Gasteiger charge is 2.14. The SMILES string of the molecule is COc1ccc(C(Br)c2ccc(F)cc2C)cc1Cl. The summed E-state index contributed by atoms with van der Waals surface area (Å²) in [6, 6.07) is 10.4. The lowest BCUT2D eigenvalue weighted by Gasteiger charge is -2.15. The van der Waals surface area contributed by atoms with Crippen LogP contribution in [0.25, 0.3) is 0 Å². The maximum absolute atomic E-state index is 13.1. The predicted octanol–water partition coefficient (Wildman–Crippen LogP) is 5.28. The molecule has 1 unspecified atom stereocenters. The van der Waals surface area contributed by atoms with Crippen molar-refractivity contribution in [1.82, 2.24) is 0 Å². The molecule has 0 aliphatic rings. The first-order chi connectivity index (χ1) is 9.02. The Hall–Kier alpha value is -1.06. The number of hydrogen-bond donors (Lipinski definition) is 0. The third kappa shape index (κ3) is 3.10. The normalized spacial score (nSPS) is 12.3. The van der Waals surface area contributed by atoms with E-state index in [-0.39, 0.29) is 10.6 Å².